The summed E-state index contributed by atoms with van der Waals surface area (Å²) < 4.78 is 5.94. The minimum absolute atomic E-state index is 0.0366. The predicted molar refractivity (Wildman–Crippen MR) is 109 cm³/mol. The number of H-pyrrole nitrogens is 2. The lowest BCUT2D eigenvalue weighted by Crippen LogP contribution is -2.21. The molecule has 0 bridgehead atoms. The summed E-state index contributed by atoms with van der Waals surface area (Å²) in [5.74, 6) is 0.333. The molecule has 1 heterocycles. The molecule has 0 spiro atoms. The van der Waals surface area contributed by atoms with Crippen LogP contribution in [0.2, 0.25) is 0 Å². The normalized spacial score (nSPS) is 10.7. The Hall–Kier alpha value is -3.52. The zero-order valence-electron chi connectivity index (χ0n) is 14.8. The molecule has 0 saturated heterocycles. The summed E-state index contributed by atoms with van der Waals surface area (Å²) in [6.07, 6.45) is 1.48. The molecule has 0 saturated carbocycles. The van der Waals surface area contributed by atoms with Gasteiger partial charge in [0.25, 0.3) is 5.56 Å². The largest absolute Gasteiger partial charge is 0.489 e. The second-order valence-corrected chi connectivity index (χ2v) is 6.34. The molecule has 0 aliphatic heterocycles. The minimum atomic E-state index is -0.371. The van der Waals surface area contributed by atoms with Gasteiger partial charge in [0.15, 0.2) is 4.77 Å². The summed E-state index contributed by atoms with van der Waals surface area (Å²) in [7, 11) is 0. The summed E-state index contributed by atoms with van der Waals surface area (Å²) in [5, 5.41) is 3.94. The first kappa shape index (κ1) is 19.2. The van der Waals surface area contributed by atoms with E-state index in [9.17, 15) is 9.59 Å². The number of nitrogens with zero attached hydrogens (tertiary/aromatic N) is 1. The maximum atomic E-state index is 11.9. The Labute approximate surface area is 166 Å². The number of carbonyl (C=O) groups excluding carboxylic acids is 1. The van der Waals surface area contributed by atoms with E-state index in [0.717, 1.165) is 11.1 Å². The van der Waals surface area contributed by atoms with Gasteiger partial charge in [0.05, 0.1) is 12.6 Å². The van der Waals surface area contributed by atoms with Crippen molar-refractivity contribution in [3.05, 3.63) is 92.6 Å². The van der Waals surface area contributed by atoms with E-state index in [1.807, 2.05) is 54.6 Å². The number of ether oxygens (including phenoxy) is 1. The number of carbonyl (C=O) groups is 1. The summed E-state index contributed by atoms with van der Waals surface area (Å²) in [6.45, 7) is 0.468. The SMILES string of the molecule is O=C(Cc1cc(=O)[nH]c(=S)[nH]1)N/N=C\c1cccc(OCc2ccccc2)c1. The molecule has 2 aromatic carbocycles. The Morgan fingerprint density at radius 3 is 2.71 bits per heavy atom. The summed E-state index contributed by atoms with van der Waals surface area (Å²) in [4.78, 5) is 28.4. The van der Waals surface area contributed by atoms with Crippen molar-refractivity contribution < 1.29 is 9.53 Å². The second-order valence-electron chi connectivity index (χ2n) is 5.93. The fourth-order valence-corrected chi connectivity index (χ4v) is 2.66. The molecule has 3 rings (SSSR count). The monoisotopic (exact) mass is 394 g/mol. The molecule has 1 amide bonds. The van der Waals surface area contributed by atoms with E-state index in [1.54, 1.807) is 0 Å². The number of rotatable bonds is 7. The number of aromatic nitrogens is 2. The van der Waals surface area contributed by atoms with Crippen LogP contribution in [0, 0.1) is 4.77 Å². The molecule has 142 valence electrons. The smallest absolute Gasteiger partial charge is 0.251 e. The third-order valence-electron chi connectivity index (χ3n) is 3.68. The summed E-state index contributed by atoms with van der Waals surface area (Å²) in [6, 6.07) is 18.5. The van der Waals surface area contributed by atoms with Crippen LogP contribution < -0.4 is 15.7 Å². The van der Waals surface area contributed by atoms with Crippen LogP contribution in [0.5, 0.6) is 5.75 Å². The zero-order chi connectivity index (χ0) is 19.8. The molecule has 0 unspecified atom stereocenters. The second kappa shape index (κ2) is 9.43. The minimum Gasteiger partial charge on any atom is -0.489 e. The van der Waals surface area contributed by atoms with E-state index in [-0.39, 0.29) is 22.7 Å². The maximum Gasteiger partial charge on any atom is 0.251 e. The highest BCUT2D eigenvalue weighted by molar-refractivity contribution is 7.71. The van der Waals surface area contributed by atoms with E-state index in [1.165, 1.54) is 12.3 Å². The molecule has 0 radical (unpaired) electrons. The molecule has 0 aliphatic rings. The van der Waals surface area contributed by atoms with Crippen LogP contribution in [0.15, 0.2) is 70.6 Å². The lowest BCUT2D eigenvalue weighted by atomic mass is 10.2. The average Bonchev–Trinajstić information content (AvgIpc) is 2.67. The zero-order valence-corrected chi connectivity index (χ0v) is 15.7. The first-order valence-electron chi connectivity index (χ1n) is 8.50. The van der Waals surface area contributed by atoms with Crippen LogP contribution in [0.3, 0.4) is 0 Å². The number of hydrogen-bond acceptors (Lipinski definition) is 5. The topological polar surface area (TPSA) is 99.3 Å². The molecular weight excluding hydrogens is 376 g/mol. The fraction of sp³-hybridized carbons (Fsp3) is 0.100. The van der Waals surface area contributed by atoms with Crippen molar-refractivity contribution >= 4 is 24.3 Å². The van der Waals surface area contributed by atoms with Crippen molar-refractivity contribution in [3.8, 4) is 5.75 Å². The lowest BCUT2D eigenvalue weighted by Gasteiger charge is -2.06. The lowest BCUT2D eigenvalue weighted by molar-refractivity contribution is -0.120. The molecule has 0 aliphatic carbocycles. The highest BCUT2D eigenvalue weighted by Gasteiger charge is 2.03. The Bertz CT molecular complexity index is 1060. The van der Waals surface area contributed by atoms with Crippen molar-refractivity contribution in [1.29, 1.82) is 0 Å². The molecule has 0 fully saturated rings. The Kier molecular flexibility index (Phi) is 6.48. The van der Waals surface area contributed by atoms with Crippen LogP contribution in [0.1, 0.15) is 16.8 Å². The van der Waals surface area contributed by atoms with Crippen LogP contribution in [-0.2, 0) is 17.8 Å². The van der Waals surface area contributed by atoms with Crippen molar-refractivity contribution in [1.82, 2.24) is 15.4 Å². The standard InChI is InChI=1S/C20H18N4O3S/c25-18-10-16(22-20(28)23-18)11-19(26)24-21-12-15-7-4-8-17(9-15)27-13-14-5-2-1-3-6-14/h1-10,12H,11,13H2,(H,24,26)(H2,22,23,25,28)/b21-12-. The predicted octanol–water partition coefficient (Wildman–Crippen LogP) is 2.70. The Balaban J connectivity index is 1.54. The van der Waals surface area contributed by atoms with Crippen molar-refractivity contribution in [3.63, 3.8) is 0 Å². The Morgan fingerprint density at radius 2 is 1.93 bits per heavy atom. The summed E-state index contributed by atoms with van der Waals surface area (Å²) in [5.41, 5.74) is 4.33. The highest BCUT2D eigenvalue weighted by Crippen LogP contribution is 2.14. The number of aromatic amines is 2. The van der Waals surface area contributed by atoms with Gasteiger partial charge < -0.3 is 9.72 Å². The fourth-order valence-electron chi connectivity index (χ4n) is 2.43. The number of hydrazone groups is 1. The first-order valence-corrected chi connectivity index (χ1v) is 8.90. The maximum absolute atomic E-state index is 11.9. The van der Waals surface area contributed by atoms with E-state index < -0.39 is 0 Å². The number of hydrogen-bond donors (Lipinski definition) is 3. The van der Waals surface area contributed by atoms with E-state index in [2.05, 4.69) is 20.5 Å². The van der Waals surface area contributed by atoms with Crippen LogP contribution in [0.4, 0.5) is 0 Å². The average molecular weight is 394 g/mol. The molecule has 28 heavy (non-hydrogen) atoms. The third kappa shape index (κ3) is 6.03. The first-order chi connectivity index (χ1) is 13.6. The molecule has 3 N–H and O–H groups in total. The van der Waals surface area contributed by atoms with Gasteiger partial charge in [-0.3, -0.25) is 14.6 Å². The molecule has 3 aromatic rings. The quantitative estimate of drug-likeness (QED) is 0.326. The van der Waals surface area contributed by atoms with Crippen molar-refractivity contribution in [2.24, 2.45) is 5.10 Å². The van der Waals surface area contributed by atoms with E-state index >= 15 is 0 Å². The van der Waals surface area contributed by atoms with Crippen LogP contribution >= 0.6 is 12.2 Å². The van der Waals surface area contributed by atoms with Crippen LogP contribution in [0.25, 0.3) is 0 Å². The molecule has 0 atom stereocenters. The van der Waals surface area contributed by atoms with E-state index in [4.69, 9.17) is 17.0 Å². The van der Waals surface area contributed by atoms with E-state index in [0.29, 0.717) is 18.1 Å². The van der Waals surface area contributed by atoms with Gasteiger partial charge in [0.1, 0.15) is 12.4 Å². The van der Waals surface area contributed by atoms with Gasteiger partial charge in [-0.15, -0.1) is 0 Å². The van der Waals surface area contributed by atoms with Gasteiger partial charge in [-0.2, -0.15) is 5.10 Å². The molecule has 1 aromatic heterocycles. The van der Waals surface area contributed by atoms with Gasteiger partial charge in [-0.25, -0.2) is 5.43 Å². The van der Waals surface area contributed by atoms with Crippen molar-refractivity contribution in [2.45, 2.75) is 13.0 Å². The van der Waals surface area contributed by atoms with Crippen LogP contribution in [-0.4, -0.2) is 22.1 Å². The van der Waals surface area contributed by atoms with Gasteiger partial charge >= 0.3 is 0 Å². The third-order valence-corrected chi connectivity index (χ3v) is 3.88. The molecular formula is C20H18N4O3S. The number of amides is 1. The van der Waals surface area contributed by atoms with Crippen molar-refractivity contribution in [2.75, 3.05) is 0 Å². The highest BCUT2D eigenvalue weighted by atomic mass is 32.1. The Morgan fingerprint density at radius 1 is 1.11 bits per heavy atom. The van der Waals surface area contributed by atoms with Gasteiger partial charge in [-0.1, -0.05) is 42.5 Å². The number of benzene rings is 2. The van der Waals surface area contributed by atoms with Gasteiger partial charge in [0.2, 0.25) is 5.91 Å². The number of nitrogens with one attached hydrogen (secondary N) is 3. The summed E-state index contributed by atoms with van der Waals surface area (Å²) >= 11 is 4.87. The van der Waals surface area contributed by atoms with Gasteiger partial charge in [-0.05, 0) is 35.5 Å². The molecule has 8 heteroatoms. The van der Waals surface area contributed by atoms with Gasteiger partial charge in [0, 0.05) is 11.8 Å². The molecule has 7 nitrogen and oxygen atoms in total.